The number of nitrogens with zero attached hydrogens (tertiary/aromatic N) is 4. The first-order chi connectivity index (χ1) is 18.1. The zero-order chi connectivity index (χ0) is 30.6. The fraction of sp³-hybridized carbons (Fsp3) is 0.667. The summed E-state index contributed by atoms with van der Waals surface area (Å²) in [4.78, 5) is 31.8. The summed E-state index contributed by atoms with van der Waals surface area (Å²) in [5.74, 6) is -1.61. The summed E-state index contributed by atoms with van der Waals surface area (Å²) in [5.41, 5.74) is -2.74. The van der Waals surface area contributed by atoms with E-state index < -0.39 is 45.6 Å². The molecule has 2 aromatic heterocycles. The van der Waals surface area contributed by atoms with Gasteiger partial charge in [0.2, 0.25) is 0 Å². The van der Waals surface area contributed by atoms with Crippen molar-refractivity contribution in [3.63, 3.8) is 0 Å². The number of aryl methyl sites for hydroxylation is 1. The van der Waals surface area contributed by atoms with Crippen molar-refractivity contribution in [3.05, 3.63) is 35.4 Å². The van der Waals surface area contributed by atoms with Gasteiger partial charge >= 0.3 is 12.1 Å². The molecule has 1 aliphatic rings. The number of carbonyl (C=O) groups is 2. The molecule has 3 heterocycles. The third-order valence-electron chi connectivity index (χ3n) is 8.61. The van der Waals surface area contributed by atoms with Gasteiger partial charge in [0.25, 0.3) is 0 Å². The largest absolute Gasteiger partial charge is 0.481 e. The predicted molar refractivity (Wildman–Crippen MR) is 153 cm³/mol. The monoisotopic (exact) mass is 559 g/mol. The van der Waals surface area contributed by atoms with Crippen molar-refractivity contribution in [2.24, 2.45) is 22.2 Å². The van der Waals surface area contributed by atoms with Crippen LogP contribution in [0.15, 0.2) is 18.2 Å². The average molecular weight is 560 g/mol. The van der Waals surface area contributed by atoms with E-state index in [4.69, 9.17) is 0 Å². The van der Waals surface area contributed by atoms with Crippen molar-refractivity contribution < 1.29 is 24.2 Å². The zero-order valence-electron chi connectivity index (χ0n) is 25.8. The molecule has 222 valence electrons. The molecule has 0 aliphatic carbocycles. The number of pyridine rings is 1. The van der Waals surface area contributed by atoms with Gasteiger partial charge in [-0.25, -0.2) is 18.9 Å². The molecular formula is C30H46FN5O4. The fourth-order valence-electron chi connectivity index (χ4n) is 6.90. The molecule has 2 aromatic rings. The Balaban J connectivity index is 2.16. The van der Waals surface area contributed by atoms with E-state index in [1.807, 2.05) is 82.2 Å². The van der Waals surface area contributed by atoms with Crippen LogP contribution < -0.4 is 5.32 Å². The number of hydrogen-bond donors (Lipinski definition) is 3. The summed E-state index contributed by atoms with van der Waals surface area (Å²) in [6.07, 6.45) is -0.932. The Morgan fingerprint density at radius 2 is 1.70 bits per heavy atom. The number of likely N-dealkylation sites (tertiary alicyclic amines) is 1. The van der Waals surface area contributed by atoms with E-state index in [2.05, 4.69) is 15.4 Å². The Labute approximate surface area is 237 Å². The molecule has 10 heteroatoms. The van der Waals surface area contributed by atoms with Crippen LogP contribution in [0.25, 0.3) is 0 Å². The number of rotatable bonds is 5. The van der Waals surface area contributed by atoms with E-state index in [0.29, 0.717) is 11.5 Å². The number of carboxylic acid groups (broad SMARTS) is 2. The molecule has 1 saturated heterocycles. The summed E-state index contributed by atoms with van der Waals surface area (Å²) in [6, 6.07) is 4.63. The fourth-order valence-corrected chi connectivity index (χ4v) is 6.90. The van der Waals surface area contributed by atoms with E-state index in [9.17, 15) is 19.8 Å². The Kier molecular flexibility index (Phi) is 7.86. The minimum atomic E-state index is -1.35. The first-order valence-corrected chi connectivity index (χ1v) is 13.8. The van der Waals surface area contributed by atoms with Gasteiger partial charge in [0.1, 0.15) is 5.82 Å². The summed E-state index contributed by atoms with van der Waals surface area (Å²) in [6.45, 7) is 21.5. The highest BCUT2D eigenvalue weighted by atomic mass is 19.1. The predicted octanol–water partition coefficient (Wildman–Crippen LogP) is 6.69. The van der Waals surface area contributed by atoms with Crippen molar-refractivity contribution in [1.29, 1.82) is 0 Å². The van der Waals surface area contributed by atoms with Crippen LogP contribution in [-0.2, 0) is 16.8 Å². The smallest absolute Gasteiger partial charge is 0.407 e. The van der Waals surface area contributed by atoms with Crippen LogP contribution in [0.5, 0.6) is 0 Å². The first kappa shape index (κ1) is 31.4. The van der Waals surface area contributed by atoms with Gasteiger partial charge in [-0.3, -0.25) is 4.79 Å². The topological polar surface area (TPSA) is 121 Å². The highest BCUT2D eigenvalue weighted by Crippen LogP contribution is 2.60. The van der Waals surface area contributed by atoms with E-state index >= 15 is 4.39 Å². The van der Waals surface area contributed by atoms with Crippen LogP contribution in [0.2, 0.25) is 0 Å². The second-order valence-electron chi connectivity index (χ2n) is 14.5. The molecule has 0 radical (unpaired) electrons. The van der Waals surface area contributed by atoms with Crippen LogP contribution in [0.4, 0.5) is 20.8 Å². The lowest BCUT2D eigenvalue weighted by molar-refractivity contribution is -0.188. The highest BCUT2D eigenvalue weighted by Gasteiger charge is 2.66. The lowest BCUT2D eigenvalue weighted by Gasteiger charge is -2.64. The summed E-state index contributed by atoms with van der Waals surface area (Å²) in [7, 11) is 0. The molecule has 0 spiro atoms. The van der Waals surface area contributed by atoms with E-state index in [-0.39, 0.29) is 30.7 Å². The maximum absolute atomic E-state index is 15.1. The number of amides is 1. The van der Waals surface area contributed by atoms with E-state index in [1.54, 1.807) is 4.68 Å². The number of nitrogens with one attached hydrogen (secondary N) is 1. The minimum absolute atomic E-state index is 0.0164. The molecule has 1 fully saturated rings. The molecule has 3 rings (SSSR count). The maximum Gasteiger partial charge on any atom is 0.407 e. The van der Waals surface area contributed by atoms with E-state index in [0.717, 1.165) is 5.69 Å². The Hall–Kier alpha value is -3.17. The van der Waals surface area contributed by atoms with Gasteiger partial charge in [-0.15, -0.1) is 0 Å². The van der Waals surface area contributed by atoms with Crippen LogP contribution in [0.1, 0.15) is 87.0 Å². The molecule has 3 atom stereocenters. The Bertz CT molecular complexity index is 1290. The quantitative estimate of drug-likeness (QED) is 0.373. The van der Waals surface area contributed by atoms with Gasteiger partial charge in [0, 0.05) is 30.6 Å². The normalized spacial score (nSPS) is 24.2. The lowest BCUT2D eigenvalue weighted by Crippen LogP contribution is -2.72. The summed E-state index contributed by atoms with van der Waals surface area (Å²) < 4.78 is 16.8. The minimum Gasteiger partial charge on any atom is -0.481 e. The van der Waals surface area contributed by atoms with E-state index in [1.165, 1.54) is 17.0 Å². The molecule has 1 unspecified atom stereocenters. The number of hydrogen-bond acceptors (Lipinski definition) is 5. The molecule has 3 N–H and O–H groups in total. The Morgan fingerprint density at radius 3 is 2.17 bits per heavy atom. The summed E-state index contributed by atoms with van der Waals surface area (Å²) in [5, 5.41) is 28.7. The second-order valence-corrected chi connectivity index (χ2v) is 14.5. The molecule has 0 saturated carbocycles. The number of aliphatic carboxylic acids is 1. The van der Waals surface area contributed by atoms with Crippen LogP contribution in [0.3, 0.4) is 0 Å². The van der Waals surface area contributed by atoms with Crippen molar-refractivity contribution >= 4 is 23.7 Å². The second kappa shape index (κ2) is 10.0. The van der Waals surface area contributed by atoms with Crippen molar-refractivity contribution in [3.8, 4) is 0 Å². The lowest BCUT2D eigenvalue weighted by atomic mass is 9.47. The first-order valence-electron chi connectivity index (χ1n) is 13.8. The number of piperidine rings is 1. The van der Waals surface area contributed by atoms with Crippen LogP contribution in [-0.4, -0.2) is 54.0 Å². The zero-order valence-corrected chi connectivity index (χ0v) is 25.8. The van der Waals surface area contributed by atoms with Gasteiger partial charge in [0.05, 0.1) is 22.2 Å². The number of halogens is 1. The summed E-state index contributed by atoms with van der Waals surface area (Å²) >= 11 is 0. The standard InChI is InChI=1S/C30H46FN5O4/c1-18-16-21(36(34-18)28(8,9)10)33-22-20(31)13-12-19(32-22)17-30(24(37)38)14-15-35(25(39)40)29(11,27(5,6)7)23(30)26(2,3)4/h12-13,16,23H,14-15,17H2,1-11H3,(H,32,33)(H,37,38)(H,39,40)/t23?,29-,30-/m1/s1. The Morgan fingerprint density at radius 1 is 1.10 bits per heavy atom. The molecule has 0 bridgehead atoms. The molecule has 40 heavy (non-hydrogen) atoms. The third-order valence-corrected chi connectivity index (χ3v) is 8.61. The molecule has 0 aromatic carbocycles. The number of carboxylic acids is 1. The highest BCUT2D eigenvalue weighted by molar-refractivity contribution is 5.77. The molecular weight excluding hydrogens is 513 g/mol. The molecule has 9 nitrogen and oxygen atoms in total. The van der Waals surface area contributed by atoms with Crippen molar-refractivity contribution in [2.75, 3.05) is 11.9 Å². The van der Waals surface area contributed by atoms with Crippen molar-refractivity contribution in [1.82, 2.24) is 19.7 Å². The molecule has 1 aliphatic heterocycles. The van der Waals surface area contributed by atoms with Crippen LogP contribution in [0, 0.1) is 34.9 Å². The average Bonchev–Trinajstić information content (AvgIpc) is 3.14. The maximum atomic E-state index is 15.1. The third kappa shape index (κ3) is 5.41. The van der Waals surface area contributed by atoms with Crippen LogP contribution >= 0.6 is 0 Å². The number of anilines is 2. The van der Waals surface area contributed by atoms with Gasteiger partial charge in [-0.1, -0.05) is 41.5 Å². The SMILES string of the molecule is Cc1cc(Nc2nc(C[C@]3(C(=O)O)CCN(C(=O)O)[C@@](C)(C(C)(C)C)C3C(C)(C)C)ccc2F)n(C(C)(C)C)n1. The molecule has 1 amide bonds. The van der Waals surface area contributed by atoms with Gasteiger partial charge in [0.15, 0.2) is 11.6 Å². The number of aromatic nitrogens is 3. The van der Waals surface area contributed by atoms with Gasteiger partial charge < -0.3 is 20.4 Å². The van der Waals surface area contributed by atoms with Gasteiger partial charge in [-0.2, -0.15) is 5.10 Å². The van der Waals surface area contributed by atoms with Gasteiger partial charge in [-0.05, 0) is 64.0 Å². The van der Waals surface area contributed by atoms with Crippen molar-refractivity contribution in [2.45, 2.75) is 100 Å².